The lowest BCUT2D eigenvalue weighted by atomic mass is 10.1. The van der Waals surface area contributed by atoms with E-state index in [2.05, 4.69) is 15.4 Å². The van der Waals surface area contributed by atoms with E-state index in [1.165, 1.54) is 0 Å². The number of nitrogens with one attached hydrogen (secondary N) is 1. The van der Waals surface area contributed by atoms with Gasteiger partial charge >= 0.3 is 0 Å². The van der Waals surface area contributed by atoms with Crippen LogP contribution in [-0.2, 0) is 9.53 Å². The highest BCUT2D eigenvalue weighted by molar-refractivity contribution is 6.30. The van der Waals surface area contributed by atoms with Crippen LogP contribution in [0.15, 0.2) is 34.9 Å². The van der Waals surface area contributed by atoms with E-state index in [-0.39, 0.29) is 12.0 Å². The number of aryl methyl sites for hydroxylation is 1. The molecule has 0 aliphatic carbocycles. The van der Waals surface area contributed by atoms with Crippen LogP contribution < -0.4 is 5.32 Å². The van der Waals surface area contributed by atoms with Gasteiger partial charge in [0.1, 0.15) is 5.76 Å². The second-order valence-electron chi connectivity index (χ2n) is 5.83. The summed E-state index contributed by atoms with van der Waals surface area (Å²) in [5, 5.41) is 7.21. The number of hydrogen-bond donors (Lipinski definition) is 1. The van der Waals surface area contributed by atoms with Gasteiger partial charge in [0.2, 0.25) is 5.91 Å². The Labute approximate surface area is 145 Å². The van der Waals surface area contributed by atoms with Crippen LogP contribution in [0.2, 0.25) is 5.02 Å². The van der Waals surface area contributed by atoms with E-state index < -0.39 is 0 Å². The Morgan fingerprint density at radius 2 is 2.21 bits per heavy atom. The number of carbonyl (C=O) groups excluding carboxylic acids is 1. The lowest BCUT2D eigenvalue weighted by molar-refractivity contribution is -0.117. The maximum atomic E-state index is 12.0. The average molecular weight is 350 g/mol. The Balaban J connectivity index is 1.48. The second kappa shape index (κ2) is 7.79. The highest BCUT2D eigenvalue weighted by atomic mass is 35.5. The zero-order valence-electron chi connectivity index (χ0n) is 13.5. The number of ether oxygens (including phenoxy) is 1. The summed E-state index contributed by atoms with van der Waals surface area (Å²) in [5.74, 6) is 1.06. The first-order valence-corrected chi connectivity index (χ1v) is 8.30. The van der Waals surface area contributed by atoms with Crippen LogP contribution >= 0.6 is 11.6 Å². The molecule has 2 aromatic rings. The van der Waals surface area contributed by atoms with Crippen LogP contribution in [0.1, 0.15) is 23.8 Å². The molecule has 1 aliphatic heterocycles. The lowest BCUT2D eigenvalue weighted by Gasteiger charge is -2.33. The highest BCUT2D eigenvalue weighted by Gasteiger charge is 2.22. The molecule has 7 heteroatoms. The first-order chi connectivity index (χ1) is 11.6. The minimum Gasteiger partial charge on any atom is -0.371 e. The van der Waals surface area contributed by atoms with Gasteiger partial charge in [-0.3, -0.25) is 9.69 Å². The first kappa shape index (κ1) is 17.0. The number of amides is 1. The fourth-order valence-corrected chi connectivity index (χ4v) is 2.80. The maximum absolute atomic E-state index is 12.0. The number of carbonyl (C=O) groups is 1. The van der Waals surface area contributed by atoms with Crippen molar-refractivity contribution in [3.63, 3.8) is 0 Å². The smallest absolute Gasteiger partial charge is 0.226 e. The molecule has 0 radical (unpaired) electrons. The van der Waals surface area contributed by atoms with Crippen LogP contribution in [-0.4, -0.2) is 42.2 Å². The van der Waals surface area contributed by atoms with Crippen molar-refractivity contribution < 1.29 is 14.1 Å². The molecular formula is C17H20ClN3O3. The van der Waals surface area contributed by atoms with Crippen molar-refractivity contribution in [2.45, 2.75) is 19.4 Å². The number of nitrogens with zero attached hydrogens (tertiary/aromatic N) is 2. The molecule has 1 N–H and O–H groups in total. The highest BCUT2D eigenvalue weighted by Crippen LogP contribution is 2.23. The Bertz CT molecular complexity index is 687. The topological polar surface area (TPSA) is 67.6 Å². The van der Waals surface area contributed by atoms with Gasteiger partial charge in [0.15, 0.2) is 5.82 Å². The van der Waals surface area contributed by atoms with E-state index in [0.717, 1.165) is 18.7 Å². The number of halogens is 1. The molecule has 1 saturated heterocycles. The second-order valence-corrected chi connectivity index (χ2v) is 6.27. The number of aromatic nitrogens is 1. The summed E-state index contributed by atoms with van der Waals surface area (Å²) in [7, 11) is 0. The maximum Gasteiger partial charge on any atom is 0.226 e. The molecule has 1 aromatic carbocycles. The predicted octanol–water partition coefficient (Wildman–Crippen LogP) is 3.04. The number of rotatable bonds is 5. The molecule has 2 heterocycles. The molecule has 0 saturated carbocycles. The SMILES string of the molecule is Cc1cc(NC(=O)CCN2CCO[C@H](c3ccc(Cl)cc3)C2)no1. The van der Waals surface area contributed by atoms with E-state index in [9.17, 15) is 4.79 Å². The molecule has 0 unspecified atom stereocenters. The summed E-state index contributed by atoms with van der Waals surface area (Å²) < 4.78 is 10.8. The third kappa shape index (κ3) is 4.56. The van der Waals surface area contributed by atoms with Gasteiger partial charge in [-0.15, -0.1) is 0 Å². The standard InChI is InChI=1S/C17H20ClN3O3/c1-12-10-16(20-24-12)19-17(22)6-7-21-8-9-23-15(11-21)13-2-4-14(18)5-3-13/h2-5,10,15H,6-9,11H2,1H3,(H,19,20,22)/t15-/m0/s1. The molecule has 1 aromatic heterocycles. The Kier molecular flexibility index (Phi) is 5.50. The van der Waals surface area contributed by atoms with E-state index in [4.69, 9.17) is 20.9 Å². The summed E-state index contributed by atoms with van der Waals surface area (Å²) in [4.78, 5) is 14.2. The summed E-state index contributed by atoms with van der Waals surface area (Å²) >= 11 is 5.92. The zero-order chi connectivity index (χ0) is 16.9. The fraction of sp³-hybridized carbons (Fsp3) is 0.412. The Morgan fingerprint density at radius 3 is 2.92 bits per heavy atom. The van der Waals surface area contributed by atoms with E-state index >= 15 is 0 Å². The largest absolute Gasteiger partial charge is 0.371 e. The zero-order valence-corrected chi connectivity index (χ0v) is 14.3. The fourth-order valence-electron chi connectivity index (χ4n) is 2.68. The summed E-state index contributed by atoms with van der Waals surface area (Å²) in [6, 6.07) is 9.40. The average Bonchev–Trinajstić information content (AvgIpc) is 2.99. The first-order valence-electron chi connectivity index (χ1n) is 7.93. The van der Waals surface area contributed by atoms with E-state index in [1.807, 2.05) is 24.3 Å². The van der Waals surface area contributed by atoms with Crippen LogP contribution in [0.3, 0.4) is 0 Å². The van der Waals surface area contributed by atoms with Gasteiger partial charge < -0.3 is 14.6 Å². The van der Waals surface area contributed by atoms with Gasteiger partial charge in [-0.05, 0) is 24.6 Å². The Hall–Kier alpha value is -1.89. The molecule has 1 atom stereocenters. The molecule has 6 nitrogen and oxygen atoms in total. The molecule has 1 aliphatic rings. The number of benzene rings is 1. The molecule has 3 rings (SSSR count). The van der Waals surface area contributed by atoms with Crippen molar-refractivity contribution in [3.05, 3.63) is 46.7 Å². The van der Waals surface area contributed by atoms with Gasteiger partial charge in [0.05, 0.1) is 12.7 Å². The number of morpholine rings is 1. The molecule has 24 heavy (non-hydrogen) atoms. The van der Waals surface area contributed by atoms with E-state index in [1.54, 1.807) is 13.0 Å². The van der Waals surface area contributed by atoms with Crippen LogP contribution in [0.25, 0.3) is 0 Å². The van der Waals surface area contributed by atoms with Gasteiger partial charge in [0, 0.05) is 37.1 Å². The number of anilines is 1. The molecular weight excluding hydrogens is 330 g/mol. The summed E-state index contributed by atoms with van der Waals surface area (Å²) in [6.45, 7) is 4.69. The van der Waals surface area contributed by atoms with Crippen molar-refractivity contribution in [2.24, 2.45) is 0 Å². The van der Waals surface area contributed by atoms with Gasteiger partial charge in [-0.25, -0.2) is 0 Å². The van der Waals surface area contributed by atoms with Crippen molar-refractivity contribution in [2.75, 3.05) is 31.6 Å². The summed E-state index contributed by atoms with van der Waals surface area (Å²) in [6.07, 6.45) is 0.413. The monoisotopic (exact) mass is 349 g/mol. The van der Waals surface area contributed by atoms with Gasteiger partial charge in [-0.2, -0.15) is 0 Å². The third-order valence-corrected chi connectivity index (χ3v) is 4.19. The molecule has 1 amide bonds. The normalized spacial score (nSPS) is 18.5. The predicted molar refractivity (Wildman–Crippen MR) is 91.1 cm³/mol. The molecule has 0 spiro atoms. The van der Waals surface area contributed by atoms with Gasteiger partial charge in [0.25, 0.3) is 0 Å². The minimum atomic E-state index is -0.0714. The Morgan fingerprint density at radius 1 is 1.42 bits per heavy atom. The van der Waals surface area contributed by atoms with Crippen molar-refractivity contribution in [1.29, 1.82) is 0 Å². The molecule has 0 bridgehead atoms. The minimum absolute atomic E-state index is 0.0114. The van der Waals surface area contributed by atoms with Crippen LogP contribution in [0, 0.1) is 6.92 Å². The number of hydrogen-bond acceptors (Lipinski definition) is 5. The third-order valence-electron chi connectivity index (χ3n) is 3.94. The van der Waals surface area contributed by atoms with Crippen LogP contribution in [0.5, 0.6) is 0 Å². The van der Waals surface area contributed by atoms with Crippen molar-refractivity contribution >= 4 is 23.3 Å². The quantitative estimate of drug-likeness (QED) is 0.898. The van der Waals surface area contributed by atoms with Crippen LogP contribution in [0.4, 0.5) is 5.82 Å². The lowest BCUT2D eigenvalue weighted by Crippen LogP contribution is -2.39. The van der Waals surface area contributed by atoms with Crippen molar-refractivity contribution in [1.82, 2.24) is 10.1 Å². The summed E-state index contributed by atoms with van der Waals surface area (Å²) in [5.41, 5.74) is 1.10. The molecule has 128 valence electrons. The molecule has 1 fully saturated rings. The van der Waals surface area contributed by atoms with E-state index in [0.29, 0.717) is 36.2 Å². The van der Waals surface area contributed by atoms with Crippen molar-refractivity contribution in [3.8, 4) is 0 Å². The van der Waals surface area contributed by atoms with Gasteiger partial charge in [-0.1, -0.05) is 28.9 Å².